The van der Waals surface area contributed by atoms with Crippen LogP contribution in [0.15, 0.2) is 65.9 Å². The molecule has 3 heterocycles. The molecule has 86 heavy (non-hydrogen) atoms. The van der Waals surface area contributed by atoms with Crippen molar-refractivity contribution in [3.63, 3.8) is 0 Å². The number of aliphatic imine (C=N–C) groups is 1. The van der Waals surface area contributed by atoms with Crippen LogP contribution in [0.5, 0.6) is 0 Å². The van der Waals surface area contributed by atoms with Crippen LogP contribution in [0.25, 0.3) is 21.8 Å². The van der Waals surface area contributed by atoms with Crippen LogP contribution in [0.4, 0.5) is 0 Å². The zero-order chi connectivity index (χ0) is 63.4. The number of carbonyl (C=O) groups is 12. The Bertz CT molecular complexity index is 3160. The highest BCUT2D eigenvalue weighted by molar-refractivity contribution is 6.00. The summed E-state index contributed by atoms with van der Waals surface area (Å²) >= 11 is 0. The first-order valence-corrected chi connectivity index (χ1v) is 27.5. The number of para-hydroxylation sites is 2. The lowest BCUT2D eigenvalue weighted by molar-refractivity contribution is -0.145. The number of fused-ring (bicyclic) bond motifs is 2. The molecule has 1 fully saturated rings. The van der Waals surface area contributed by atoms with Crippen molar-refractivity contribution in [2.75, 3.05) is 19.7 Å². The Morgan fingerprint density at radius 2 is 1.10 bits per heavy atom. The van der Waals surface area contributed by atoms with Gasteiger partial charge >= 0.3 is 5.97 Å². The van der Waals surface area contributed by atoms with Crippen molar-refractivity contribution in [1.82, 2.24) is 52.1 Å². The van der Waals surface area contributed by atoms with Crippen LogP contribution in [0.1, 0.15) is 75.8 Å². The molecule has 32 heteroatoms. The van der Waals surface area contributed by atoms with Crippen molar-refractivity contribution in [1.29, 1.82) is 0 Å². The third kappa shape index (κ3) is 19.4. The number of aliphatic carboxylic acids is 1. The van der Waals surface area contributed by atoms with Crippen LogP contribution in [0.3, 0.4) is 0 Å². The summed E-state index contributed by atoms with van der Waals surface area (Å²) in [6, 6.07) is -0.259. The fraction of sp³-hybridized carbons (Fsp3) is 0.463. The Balaban J connectivity index is 1.39. The summed E-state index contributed by atoms with van der Waals surface area (Å²) in [5.74, 6) is -12.7. The Hall–Kier alpha value is -9.69. The average molecular weight is 1200 g/mol. The number of carboxylic acids is 1. The van der Waals surface area contributed by atoms with E-state index in [0.29, 0.717) is 32.9 Å². The molecule has 1 saturated heterocycles. The number of aromatic amines is 2. The van der Waals surface area contributed by atoms with E-state index in [1.807, 2.05) is 0 Å². The molecule has 32 nitrogen and oxygen atoms in total. The van der Waals surface area contributed by atoms with Gasteiger partial charge in [-0.25, -0.2) is 4.79 Å². The number of aliphatic hydroxyl groups excluding tert-OH is 2. The number of aromatic nitrogens is 2. The largest absolute Gasteiger partial charge is 0.480 e. The first kappa shape index (κ1) is 67.1. The van der Waals surface area contributed by atoms with E-state index in [4.69, 9.17) is 34.4 Å². The van der Waals surface area contributed by atoms with Crippen LogP contribution in [0, 0.1) is 0 Å². The fourth-order valence-corrected chi connectivity index (χ4v) is 9.59. The Morgan fingerprint density at radius 3 is 1.65 bits per heavy atom. The van der Waals surface area contributed by atoms with Gasteiger partial charge in [-0.2, -0.15) is 0 Å². The van der Waals surface area contributed by atoms with E-state index < -0.39 is 151 Å². The molecule has 0 saturated carbocycles. The molecule has 0 unspecified atom stereocenters. The van der Waals surface area contributed by atoms with Crippen LogP contribution >= 0.6 is 0 Å². The molecule has 5 rings (SSSR count). The number of rotatable bonds is 34. The first-order valence-electron chi connectivity index (χ1n) is 27.5. The van der Waals surface area contributed by atoms with Gasteiger partial charge < -0.3 is 102 Å². The van der Waals surface area contributed by atoms with Gasteiger partial charge in [0.05, 0.1) is 25.2 Å². The van der Waals surface area contributed by atoms with Crippen LogP contribution in [0.2, 0.25) is 0 Å². The maximum absolute atomic E-state index is 15.0. The minimum atomic E-state index is -1.92. The van der Waals surface area contributed by atoms with Gasteiger partial charge in [0.25, 0.3) is 0 Å². The van der Waals surface area contributed by atoms with E-state index in [1.165, 1.54) is 4.90 Å². The minimum absolute atomic E-state index is 0.00791. The highest BCUT2D eigenvalue weighted by atomic mass is 16.4. The van der Waals surface area contributed by atoms with E-state index in [9.17, 15) is 72.9 Å². The monoisotopic (exact) mass is 1200 g/mol. The maximum Gasteiger partial charge on any atom is 0.328 e. The third-order valence-electron chi connectivity index (χ3n) is 14.1. The van der Waals surface area contributed by atoms with E-state index in [2.05, 4.69) is 52.2 Å². The molecule has 1 aliphatic heterocycles. The normalized spacial score (nSPS) is 16.1. The molecule has 11 amide bonds. The summed E-state index contributed by atoms with van der Waals surface area (Å²) in [5, 5.41) is 48.7. The summed E-state index contributed by atoms with van der Waals surface area (Å²) in [7, 11) is 0. The second-order valence-corrected chi connectivity index (χ2v) is 20.7. The number of guanidine groups is 1. The maximum atomic E-state index is 15.0. The van der Waals surface area contributed by atoms with Crippen molar-refractivity contribution < 1.29 is 72.9 Å². The number of benzene rings is 2. The van der Waals surface area contributed by atoms with Gasteiger partial charge in [-0.05, 0) is 68.7 Å². The van der Waals surface area contributed by atoms with Crippen molar-refractivity contribution in [3.05, 3.63) is 72.1 Å². The number of likely N-dealkylation sites (tertiary alicyclic amines) is 1. The van der Waals surface area contributed by atoms with Crippen molar-refractivity contribution in [2.45, 2.75) is 138 Å². The summed E-state index contributed by atoms with van der Waals surface area (Å²) in [5.41, 5.74) is 35.2. The summed E-state index contributed by atoms with van der Waals surface area (Å²) in [6.45, 7) is -0.0974. The van der Waals surface area contributed by atoms with Crippen molar-refractivity contribution in [2.24, 2.45) is 39.4 Å². The van der Waals surface area contributed by atoms with E-state index in [-0.39, 0.29) is 76.8 Å². The van der Waals surface area contributed by atoms with Crippen LogP contribution in [-0.2, 0) is 70.4 Å². The highest BCUT2D eigenvalue weighted by Gasteiger charge is 2.41. The van der Waals surface area contributed by atoms with Gasteiger partial charge in [-0.3, -0.25) is 57.7 Å². The van der Waals surface area contributed by atoms with Crippen LogP contribution < -0.4 is 71.6 Å². The van der Waals surface area contributed by atoms with Gasteiger partial charge in [0.2, 0.25) is 65.0 Å². The summed E-state index contributed by atoms with van der Waals surface area (Å²) in [6.07, 6.45) is -0.877. The lowest BCUT2D eigenvalue weighted by Gasteiger charge is -2.31. The smallest absolute Gasteiger partial charge is 0.328 e. The highest BCUT2D eigenvalue weighted by Crippen LogP contribution is 2.25. The molecule has 10 atom stereocenters. The minimum Gasteiger partial charge on any atom is -0.480 e. The zero-order valence-electron chi connectivity index (χ0n) is 47.0. The number of amides is 11. The van der Waals surface area contributed by atoms with Crippen molar-refractivity contribution in [3.8, 4) is 0 Å². The number of hydrogen-bond donors (Lipinski definition) is 18. The number of nitrogens with one attached hydrogen (secondary N) is 9. The molecule has 0 bridgehead atoms. The number of nitrogens with zero attached hydrogens (tertiary/aromatic N) is 2. The number of hydrogen-bond acceptors (Lipinski definition) is 16. The second kappa shape index (κ2) is 31.8. The van der Waals surface area contributed by atoms with E-state index in [0.717, 1.165) is 6.92 Å². The van der Waals surface area contributed by atoms with Gasteiger partial charge in [0, 0.05) is 73.0 Å². The molecule has 0 spiro atoms. The molecule has 2 aromatic carbocycles. The number of aliphatic hydroxyl groups is 2. The zero-order valence-corrected chi connectivity index (χ0v) is 47.0. The van der Waals surface area contributed by atoms with Crippen LogP contribution in [-0.4, -0.2) is 187 Å². The molecule has 4 aromatic rings. The molecule has 2 aromatic heterocycles. The number of primary amides is 3. The predicted molar refractivity (Wildman–Crippen MR) is 307 cm³/mol. The molecule has 1 aliphatic rings. The molecule has 0 radical (unpaired) electrons. The predicted octanol–water partition coefficient (Wildman–Crippen LogP) is -5.94. The topological polar surface area (TPSA) is 553 Å². The SMILES string of the molecule is C[C@@H](O)[C@H](NC(=O)[C@H](Cc1c[nH]c2ccccc12)NC(=O)[C@@H]1CCCN1C(=O)[C@H](Cc1c[nH]c2ccccc12)NC(=O)[C@H](CC(N)=O)NC(=O)[C@H](CO)NC(=O)[C@H](CCCN=C(N)N)NC(=O)[C@H](CCC(N)=O)NC(=O)[C@@H](N)CCC(N)=O)C(=O)O. The quantitative estimate of drug-likeness (QED) is 0.0118. The molecule has 0 aliphatic carbocycles. The summed E-state index contributed by atoms with van der Waals surface area (Å²) in [4.78, 5) is 171. The van der Waals surface area contributed by atoms with E-state index in [1.54, 1.807) is 60.9 Å². The van der Waals surface area contributed by atoms with Crippen molar-refractivity contribution >= 4 is 98.7 Å². The van der Waals surface area contributed by atoms with Gasteiger partial charge in [-0.1, -0.05) is 36.4 Å². The second-order valence-electron chi connectivity index (χ2n) is 20.7. The molecule has 24 N–H and O–H groups in total. The standard InChI is InChI=1S/C54H75N17O15/c1-26(73)44(53(85)86)70-49(81)36(20-27-23-62-32-10-4-2-8-29(27)32)67-51(83)40-13-7-19-71(40)52(84)38(21-28-24-63-33-11-5-3-9-30(28)33)68-48(80)37(22-43(58)76)66-50(82)39(25-72)69-46(78)34(12-6-18-61-54(59)60)65-47(79)35(15-17-42(57)75)64-45(77)31(55)14-16-41(56)74/h2-5,8-11,23-24,26,31,34-40,44,62-63,72-73H,6-7,12-22,25,55H2,1H3,(H2,56,74)(H2,57,75)(H2,58,76)(H,64,77)(H,65,79)(H,66,82)(H,67,83)(H,68,80)(H,69,78)(H,70,81)(H,85,86)(H4,59,60,61)/t26-,31+,34+,35+,36+,37+,38+,39+,40+,44+/m1/s1. The molecular formula is C54H75N17O15. The Morgan fingerprint density at radius 1 is 0.616 bits per heavy atom. The van der Waals surface area contributed by atoms with Gasteiger partial charge in [-0.15, -0.1) is 0 Å². The van der Waals surface area contributed by atoms with E-state index >= 15 is 0 Å². The number of carbonyl (C=O) groups excluding carboxylic acids is 11. The lowest BCUT2D eigenvalue weighted by atomic mass is 10.0. The average Bonchev–Trinajstić information content (AvgIpc) is 3.11. The molecular weight excluding hydrogens is 1130 g/mol. The summed E-state index contributed by atoms with van der Waals surface area (Å²) < 4.78 is 0. The Labute approximate surface area is 491 Å². The third-order valence-corrected chi connectivity index (χ3v) is 14.1. The van der Waals surface area contributed by atoms with Gasteiger partial charge in [0.15, 0.2) is 12.0 Å². The fourth-order valence-electron chi connectivity index (χ4n) is 9.59. The van der Waals surface area contributed by atoms with Gasteiger partial charge in [0.1, 0.15) is 42.3 Å². The number of H-pyrrole nitrogens is 2. The first-order chi connectivity index (χ1) is 40.8. The lowest BCUT2D eigenvalue weighted by Crippen LogP contribution is -2.61. The molecule has 466 valence electrons. The number of carboxylic acid groups (broad SMARTS) is 1. The number of nitrogens with two attached hydrogens (primary N) is 6. The Kier molecular flexibility index (Phi) is 24.8.